The molecule has 4 aromatic rings. The summed E-state index contributed by atoms with van der Waals surface area (Å²) in [4.78, 5) is 13.5. The number of carbonyl (C=O) groups is 1. The van der Waals surface area contributed by atoms with Crippen molar-refractivity contribution in [3.05, 3.63) is 48.5 Å². The van der Waals surface area contributed by atoms with Gasteiger partial charge in [-0.25, -0.2) is 0 Å². The molecule has 1 unspecified atom stereocenters. The third kappa shape index (κ3) is 3.50. The number of aromatic nitrogens is 3. The minimum atomic E-state index is -0.342. The first-order valence-corrected chi connectivity index (χ1v) is 10.3. The summed E-state index contributed by atoms with van der Waals surface area (Å²) < 4.78 is 8.72. The molecule has 0 bridgehead atoms. The Bertz CT molecular complexity index is 1110. The zero-order chi connectivity index (χ0) is 18.8. The summed E-state index contributed by atoms with van der Waals surface area (Å²) in [5, 5.41) is 11.8. The number of nitrogens with zero attached hydrogens (tertiary/aromatic N) is 3. The summed E-state index contributed by atoms with van der Waals surface area (Å²) in [6.45, 7) is 4.32. The first-order chi connectivity index (χ1) is 13.2. The topological polar surface area (TPSA) is 68.5 Å². The number of thiazole rings is 1. The van der Waals surface area contributed by atoms with Crippen LogP contribution < -0.4 is 10.1 Å². The van der Waals surface area contributed by atoms with E-state index in [4.69, 9.17) is 4.74 Å². The number of nitrogens with one attached hydrogen (secondary N) is 1. The van der Waals surface area contributed by atoms with E-state index in [-0.39, 0.29) is 11.2 Å². The number of benzene rings is 2. The highest BCUT2D eigenvalue weighted by atomic mass is 32.2. The van der Waals surface area contributed by atoms with Crippen molar-refractivity contribution < 1.29 is 9.53 Å². The molecule has 8 heteroatoms. The molecule has 138 valence electrons. The lowest BCUT2D eigenvalue weighted by molar-refractivity contribution is -0.115. The Labute approximate surface area is 164 Å². The van der Waals surface area contributed by atoms with Crippen LogP contribution in [-0.2, 0) is 4.79 Å². The van der Waals surface area contributed by atoms with Gasteiger partial charge >= 0.3 is 0 Å². The van der Waals surface area contributed by atoms with Gasteiger partial charge in [0.2, 0.25) is 10.9 Å². The number of hydrogen-bond acceptors (Lipinski definition) is 6. The van der Waals surface area contributed by atoms with Crippen LogP contribution in [0.3, 0.4) is 0 Å². The maximum Gasteiger partial charge on any atom is 0.237 e. The number of para-hydroxylation sites is 3. The SMILES string of the molecule is CCOc1ccccc1NC(=O)C(C)Sc1nnc2sc3ccccc3n12. The molecule has 0 radical (unpaired) electrons. The number of rotatable bonds is 6. The van der Waals surface area contributed by atoms with Gasteiger partial charge in [0.25, 0.3) is 0 Å². The van der Waals surface area contributed by atoms with Crippen LogP contribution in [0, 0.1) is 0 Å². The van der Waals surface area contributed by atoms with Gasteiger partial charge < -0.3 is 10.1 Å². The van der Waals surface area contributed by atoms with Crippen LogP contribution in [0.5, 0.6) is 5.75 Å². The molecule has 0 spiro atoms. The molecule has 0 aliphatic heterocycles. The van der Waals surface area contributed by atoms with E-state index in [2.05, 4.69) is 21.6 Å². The van der Waals surface area contributed by atoms with E-state index in [1.807, 2.05) is 60.7 Å². The van der Waals surface area contributed by atoms with Crippen LogP contribution in [0.4, 0.5) is 5.69 Å². The molecule has 1 N–H and O–H groups in total. The highest BCUT2D eigenvalue weighted by Gasteiger charge is 2.21. The van der Waals surface area contributed by atoms with Gasteiger partial charge in [-0.05, 0) is 38.1 Å². The summed E-state index contributed by atoms with van der Waals surface area (Å²) in [6.07, 6.45) is 0. The number of fused-ring (bicyclic) bond motifs is 3. The molecule has 6 nitrogen and oxygen atoms in total. The molecule has 2 heterocycles. The molecule has 0 saturated carbocycles. The zero-order valence-corrected chi connectivity index (χ0v) is 16.5. The van der Waals surface area contributed by atoms with E-state index in [1.54, 1.807) is 11.3 Å². The normalized spacial score (nSPS) is 12.4. The Morgan fingerprint density at radius 1 is 1.22 bits per heavy atom. The van der Waals surface area contributed by atoms with Gasteiger partial charge in [-0.1, -0.05) is 47.4 Å². The van der Waals surface area contributed by atoms with Crippen molar-refractivity contribution in [3.63, 3.8) is 0 Å². The molecule has 2 aromatic heterocycles. The maximum atomic E-state index is 12.7. The van der Waals surface area contributed by atoms with E-state index in [9.17, 15) is 4.79 Å². The van der Waals surface area contributed by atoms with E-state index in [0.717, 1.165) is 15.2 Å². The number of hydrogen-bond donors (Lipinski definition) is 1. The highest BCUT2D eigenvalue weighted by Crippen LogP contribution is 2.32. The average Bonchev–Trinajstić information content (AvgIpc) is 3.23. The molecule has 1 atom stereocenters. The second-order valence-electron chi connectivity index (χ2n) is 5.85. The first kappa shape index (κ1) is 17.8. The monoisotopic (exact) mass is 398 g/mol. The average molecular weight is 399 g/mol. The Morgan fingerprint density at radius 3 is 2.85 bits per heavy atom. The molecule has 1 amide bonds. The van der Waals surface area contributed by atoms with Gasteiger partial charge in [0, 0.05) is 0 Å². The zero-order valence-electron chi connectivity index (χ0n) is 14.9. The Morgan fingerprint density at radius 2 is 2.00 bits per heavy atom. The van der Waals surface area contributed by atoms with Gasteiger partial charge in [0.15, 0.2) is 5.16 Å². The lowest BCUT2D eigenvalue weighted by atomic mass is 10.3. The van der Waals surface area contributed by atoms with E-state index in [1.165, 1.54) is 11.8 Å². The Kier molecular flexibility index (Phi) is 5.00. The van der Waals surface area contributed by atoms with Crippen molar-refractivity contribution in [1.29, 1.82) is 0 Å². The Balaban J connectivity index is 1.55. The number of carbonyl (C=O) groups excluding carboxylic acids is 1. The van der Waals surface area contributed by atoms with Crippen LogP contribution in [0.1, 0.15) is 13.8 Å². The molecule has 4 rings (SSSR count). The van der Waals surface area contributed by atoms with Crippen molar-refractivity contribution in [3.8, 4) is 5.75 Å². The van der Waals surface area contributed by atoms with E-state index >= 15 is 0 Å². The van der Waals surface area contributed by atoms with Crippen molar-refractivity contribution in [2.24, 2.45) is 0 Å². The largest absolute Gasteiger partial charge is 0.492 e. The predicted molar refractivity (Wildman–Crippen MR) is 110 cm³/mol. The van der Waals surface area contributed by atoms with Gasteiger partial charge in [0.05, 0.1) is 27.8 Å². The van der Waals surface area contributed by atoms with Gasteiger partial charge in [-0.15, -0.1) is 10.2 Å². The van der Waals surface area contributed by atoms with Crippen molar-refractivity contribution >= 4 is 49.9 Å². The number of anilines is 1. The molecule has 2 aromatic carbocycles. The van der Waals surface area contributed by atoms with Crippen LogP contribution in [0.25, 0.3) is 15.2 Å². The molecule has 0 fully saturated rings. The quantitative estimate of drug-likeness (QED) is 0.486. The molecule has 0 aliphatic rings. The van der Waals surface area contributed by atoms with Crippen LogP contribution in [-0.4, -0.2) is 32.4 Å². The third-order valence-electron chi connectivity index (χ3n) is 4.01. The van der Waals surface area contributed by atoms with Gasteiger partial charge in [0.1, 0.15) is 5.75 Å². The van der Waals surface area contributed by atoms with Crippen LogP contribution >= 0.6 is 23.1 Å². The van der Waals surface area contributed by atoms with Gasteiger partial charge in [-0.2, -0.15) is 0 Å². The molecule has 27 heavy (non-hydrogen) atoms. The lowest BCUT2D eigenvalue weighted by Gasteiger charge is -2.14. The molecule has 0 aliphatic carbocycles. The van der Waals surface area contributed by atoms with E-state index < -0.39 is 0 Å². The van der Waals surface area contributed by atoms with Crippen LogP contribution in [0.15, 0.2) is 53.7 Å². The summed E-state index contributed by atoms with van der Waals surface area (Å²) in [5.74, 6) is 0.558. The highest BCUT2D eigenvalue weighted by molar-refractivity contribution is 8.00. The number of ether oxygens (including phenoxy) is 1. The van der Waals surface area contributed by atoms with Crippen molar-refractivity contribution in [2.45, 2.75) is 24.3 Å². The minimum Gasteiger partial charge on any atom is -0.492 e. The minimum absolute atomic E-state index is 0.108. The van der Waals surface area contributed by atoms with Gasteiger partial charge in [-0.3, -0.25) is 9.20 Å². The fraction of sp³-hybridized carbons (Fsp3) is 0.211. The fourth-order valence-corrected chi connectivity index (χ4v) is 4.61. The fourth-order valence-electron chi connectivity index (χ4n) is 2.73. The molecule has 0 saturated heterocycles. The lowest BCUT2D eigenvalue weighted by Crippen LogP contribution is -2.23. The van der Waals surface area contributed by atoms with E-state index in [0.29, 0.717) is 23.2 Å². The van der Waals surface area contributed by atoms with Crippen molar-refractivity contribution in [1.82, 2.24) is 14.6 Å². The summed E-state index contributed by atoms with van der Waals surface area (Å²) in [6, 6.07) is 15.5. The molecular formula is C19H18N4O2S2. The summed E-state index contributed by atoms with van der Waals surface area (Å²) >= 11 is 2.98. The smallest absolute Gasteiger partial charge is 0.237 e. The second kappa shape index (κ2) is 7.58. The first-order valence-electron chi connectivity index (χ1n) is 8.59. The van der Waals surface area contributed by atoms with Crippen molar-refractivity contribution in [2.75, 3.05) is 11.9 Å². The number of amides is 1. The van der Waals surface area contributed by atoms with Crippen LogP contribution in [0.2, 0.25) is 0 Å². The maximum absolute atomic E-state index is 12.7. The second-order valence-corrected chi connectivity index (χ2v) is 8.17. The summed E-state index contributed by atoms with van der Waals surface area (Å²) in [7, 11) is 0. The number of thioether (sulfide) groups is 1. The Hall–Kier alpha value is -2.58. The molecular weight excluding hydrogens is 380 g/mol. The standard InChI is InChI=1S/C19H18N4O2S2/c1-3-25-15-10-6-4-8-13(15)20-17(24)12(2)26-18-21-22-19-23(18)14-9-5-7-11-16(14)27-19/h4-12H,3H2,1-2H3,(H,20,24). The summed E-state index contributed by atoms with van der Waals surface area (Å²) in [5.41, 5.74) is 1.73. The third-order valence-corrected chi connectivity index (χ3v) is 6.06. The predicted octanol–water partition coefficient (Wildman–Crippen LogP) is 4.46.